The van der Waals surface area contributed by atoms with Crippen LogP contribution < -0.4 is 16.8 Å². The van der Waals surface area contributed by atoms with E-state index in [2.05, 4.69) is 19.2 Å². The molecular weight excluding hydrogens is 502 g/mol. The van der Waals surface area contributed by atoms with Crippen LogP contribution in [-0.4, -0.2) is 56.7 Å². The molecule has 1 amide bonds. The number of hydrogen-bond acceptors (Lipinski definition) is 6. The molecule has 0 unspecified atom stereocenters. The second-order valence-electron chi connectivity index (χ2n) is 11.4. The maximum atomic E-state index is 13.1. The molecule has 2 atom stereocenters. The van der Waals surface area contributed by atoms with Gasteiger partial charge in [0, 0.05) is 32.7 Å². The summed E-state index contributed by atoms with van der Waals surface area (Å²) in [5.41, 5.74) is 11.3. The first-order chi connectivity index (χ1) is 19.6. The van der Waals surface area contributed by atoms with Crippen molar-refractivity contribution in [3.05, 3.63) is 0 Å². The Bertz CT molecular complexity index is 514. The fourth-order valence-corrected chi connectivity index (χ4v) is 4.96. The molecule has 0 aromatic heterocycles. The molecule has 0 aromatic carbocycles. The number of nitrogens with two attached hydrogens (primary N) is 2. The van der Waals surface area contributed by atoms with Gasteiger partial charge in [-0.25, -0.2) is 0 Å². The Hall–Kier alpha value is -1.02. The van der Waals surface area contributed by atoms with E-state index in [1.54, 1.807) is 0 Å². The van der Waals surface area contributed by atoms with Gasteiger partial charge in [-0.3, -0.25) is 9.59 Å². The van der Waals surface area contributed by atoms with Gasteiger partial charge in [0.05, 0.1) is 0 Å². The lowest BCUT2D eigenvalue weighted by molar-refractivity contribution is -0.156. The molecule has 5 N–H and O–H groups in total. The van der Waals surface area contributed by atoms with Crippen molar-refractivity contribution in [2.75, 3.05) is 32.8 Å². The third kappa shape index (κ3) is 23.7. The van der Waals surface area contributed by atoms with Crippen LogP contribution >= 0.6 is 0 Å². The number of nitrogens with one attached hydrogen (secondary N) is 1. The van der Waals surface area contributed by atoms with Gasteiger partial charge in [-0.05, 0) is 25.8 Å². The minimum Gasteiger partial charge on any atom is -0.367 e. The van der Waals surface area contributed by atoms with E-state index < -0.39 is 12.2 Å². The van der Waals surface area contributed by atoms with Gasteiger partial charge in [0.1, 0.15) is 0 Å². The predicted octanol–water partition coefficient (Wildman–Crippen LogP) is 6.98. The van der Waals surface area contributed by atoms with Crippen molar-refractivity contribution in [3.8, 4) is 0 Å². The molecule has 0 aliphatic carbocycles. The zero-order valence-corrected chi connectivity index (χ0v) is 26.5. The van der Waals surface area contributed by atoms with E-state index in [0.29, 0.717) is 45.7 Å². The smallest absolute Gasteiger partial charge is 0.252 e. The van der Waals surface area contributed by atoms with Gasteiger partial charge in [-0.2, -0.15) is 0 Å². The summed E-state index contributed by atoms with van der Waals surface area (Å²) in [6.45, 7) is 6.51. The lowest BCUT2D eigenvalue weighted by Gasteiger charge is -2.26. The van der Waals surface area contributed by atoms with Gasteiger partial charge in [-0.15, -0.1) is 0 Å². The van der Waals surface area contributed by atoms with Crippen molar-refractivity contribution in [1.29, 1.82) is 0 Å². The second kappa shape index (κ2) is 30.9. The van der Waals surface area contributed by atoms with E-state index in [9.17, 15) is 9.59 Å². The van der Waals surface area contributed by atoms with Gasteiger partial charge in [0.25, 0.3) is 5.91 Å². The van der Waals surface area contributed by atoms with Crippen molar-refractivity contribution < 1.29 is 19.1 Å². The molecule has 238 valence electrons. The standard InChI is InChI=1S/C33H67N3O4/c1-3-5-7-9-11-13-15-17-19-21-28-39-31(30(37)24-23-25-34)32(33(38)36-27-26-35)40-29-22-20-18-16-14-12-10-8-6-4-2/h31-32H,3-29,34-35H2,1-2H3,(H,36,38)/t31-,32+/m0/s1. The number of ketones is 1. The van der Waals surface area contributed by atoms with Crippen molar-refractivity contribution in [2.45, 2.75) is 167 Å². The molecule has 0 saturated carbocycles. The van der Waals surface area contributed by atoms with Crippen LogP contribution in [0.1, 0.15) is 155 Å². The number of amides is 1. The average Bonchev–Trinajstić information content (AvgIpc) is 2.96. The Balaban J connectivity index is 4.61. The lowest BCUT2D eigenvalue weighted by Crippen LogP contribution is -2.50. The summed E-state index contributed by atoms with van der Waals surface area (Å²) in [7, 11) is 0. The minimum absolute atomic E-state index is 0.103. The van der Waals surface area contributed by atoms with Gasteiger partial charge in [0.15, 0.2) is 18.0 Å². The highest BCUT2D eigenvalue weighted by Gasteiger charge is 2.34. The molecule has 0 bridgehead atoms. The first kappa shape index (κ1) is 39.0. The lowest BCUT2D eigenvalue weighted by atomic mass is 10.0. The molecule has 0 saturated heterocycles. The van der Waals surface area contributed by atoms with Crippen LogP contribution in [-0.2, 0) is 19.1 Å². The Morgan fingerprint density at radius 2 is 0.950 bits per heavy atom. The largest absolute Gasteiger partial charge is 0.367 e. The summed E-state index contributed by atoms with van der Waals surface area (Å²) in [5, 5.41) is 2.81. The highest BCUT2D eigenvalue weighted by molar-refractivity contribution is 5.92. The third-order valence-corrected chi connectivity index (χ3v) is 7.51. The maximum Gasteiger partial charge on any atom is 0.252 e. The molecule has 0 aliphatic rings. The average molecular weight is 570 g/mol. The van der Waals surface area contributed by atoms with Crippen LogP contribution in [0, 0.1) is 0 Å². The second-order valence-corrected chi connectivity index (χ2v) is 11.4. The van der Waals surface area contributed by atoms with Gasteiger partial charge < -0.3 is 26.3 Å². The molecule has 0 rings (SSSR count). The highest BCUT2D eigenvalue weighted by atomic mass is 16.5. The summed E-state index contributed by atoms with van der Waals surface area (Å²) in [6, 6.07) is 0. The zero-order valence-electron chi connectivity index (χ0n) is 26.5. The van der Waals surface area contributed by atoms with Gasteiger partial charge in [-0.1, -0.05) is 129 Å². The van der Waals surface area contributed by atoms with E-state index in [4.69, 9.17) is 20.9 Å². The van der Waals surface area contributed by atoms with E-state index in [-0.39, 0.29) is 11.7 Å². The minimum atomic E-state index is -0.946. The number of carbonyl (C=O) groups excluding carboxylic acids is 2. The van der Waals surface area contributed by atoms with Crippen LogP contribution in [0.15, 0.2) is 0 Å². The number of carbonyl (C=O) groups is 2. The summed E-state index contributed by atoms with van der Waals surface area (Å²) in [5.74, 6) is -0.416. The van der Waals surface area contributed by atoms with Crippen LogP contribution in [0.2, 0.25) is 0 Å². The van der Waals surface area contributed by atoms with Crippen LogP contribution in [0.25, 0.3) is 0 Å². The highest BCUT2D eigenvalue weighted by Crippen LogP contribution is 2.15. The topological polar surface area (TPSA) is 117 Å². The summed E-state index contributed by atoms with van der Waals surface area (Å²) in [6.07, 6.45) is 23.6. The molecule has 0 fully saturated rings. The summed E-state index contributed by atoms with van der Waals surface area (Å²) in [4.78, 5) is 26.1. The normalized spacial score (nSPS) is 12.9. The maximum absolute atomic E-state index is 13.1. The Kier molecular flexibility index (Phi) is 30.1. The molecule has 0 aliphatic heterocycles. The van der Waals surface area contributed by atoms with Crippen LogP contribution in [0.4, 0.5) is 0 Å². The molecule has 0 spiro atoms. The number of hydrogen-bond donors (Lipinski definition) is 3. The molecule has 40 heavy (non-hydrogen) atoms. The Morgan fingerprint density at radius 1 is 0.550 bits per heavy atom. The van der Waals surface area contributed by atoms with Crippen molar-refractivity contribution in [1.82, 2.24) is 5.32 Å². The summed E-state index contributed by atoms with van der Waals surface area (Å²) >= 11 is 0. The third-order valence-electron chi connectivity index (χ3n) is 7.51. The first-order valence-corrected chi connectivity index (χ1v) is 17.1. The summed E-state index contributed by atoms with van der Waals surface area (Å²) < 4.78 is 12.1. The molecule has 0 heterocycles. The fourth-order valence-electron chi connectivity index (χ4n) is 4.96. The van der Waals surface area contributed by atoms with Crippen molar-refractivity contribution in [2.24, 2.45) is 11.5 Å². The van der Waals surface area contributed by atoms with E-state index in [0.717, 1.165) is 25.7 Å². The predicted molar refractivity (Wildman–Crippen MR) is 169 cm³/mol. The molecule has 7 heteroatoms. The SMILES string of the molecule is CCCCCCCCCCCCO[C@@H](C(=O)CCCN)[C@@H](OCCCCCCCCCCCC)C(=O)NCCN. The number of rotatable bonds is 32. The van der Waals surface area contributed by atoms with Crippen LogP contribution in [0.3, 0.4) is 0 Å². The van der Waals surface area contributed by atoms with E-state index in [1.807, 2.05) is 0 Å². The zero-order chi connectivity index (χ0) is 29.5. The van der Waals surface area contributed by atoms with E-state index >= 15 is 0 Å². The van der Waals surface area contributed by atoms with Crippen LogP contribution in [0.5, 0.6) is 0 Å². The van der Waals surface area contributed by atoms with Gasteiger partial charge >= 0.3 is 0 Å². The van der Waals surface area contributed by atoms with E-state index in [1.165, 1.54) is 103 Å². The van der Waals surface area contributed by atoms with Crippen molar-refractivity contribution in [3.63, 3.8) is 0 Å². The van der Waals surface area contributed by atoms with Gasteiger partial charge in [0.2, 0.25) is 0 Å². The molecule has 7 nitrogen and oxygen atoms in total. The number of unbranched alkanes of at least 4 members (excludes halogenated alkanes) is 18. The fraction of sp³-hybridized carbons (Fsp3) is 0.939. The molecule has 0 aromatic rings. The first-order valence-electron chi connectivity index (χ1n) is 17.1. The Labute approximate surface area is 247 Å². The molecule has 0 radical (unpaired) electrons. The monoisotopic (exact) mass is 570 g/mol. The number of ether oxygens (including phenoxy) is 2. The Morgan fingerprint density at radius 3 is 1.35 bits per heavy atom. The van der Waals surface area contributed by atoms with Crippen molar-refractivity contribution >= 4 is 11.7 Å². The quantitative estimate of drug-likeness (QED) is 0.0752. The molecular formula is C33H67N3O4. The number of Topliss-reactive ketones (excluding diaryl/α,β-unsaturated/α-hetero) is 1.